The molecule has 12 heavy (non-hydrogen) atoms. The van der Waals surface area contributed by atoms with Gasteiger partial charge in [-0.3, -0.25) is 0 Å². The van der Waals surface area contributed by atoms with Gasteiger partial charge < -0.3 is 9.64 Å². The quantitative estimate of drug-likeness (QED) is 0.639. The fourth-order valence-corrected chi connectivity index (χ4v) is 1.96. The molecular weight excluding hydrogens is 150 g/mol. The molecule has 1 heterocycles. The van der Waals surface area contributed by atoms with Gasteiger partial charge in [0.05, 0.1) is 0 Å². The van der Waals surface area contributed by atoms with E-state index in [1.54, 1.807) is 7.11 Å². The van der Waals surface area contributed by atoms with E-state index in [-0.39, 0.29) is 0 Å². The van der Waals surface area contributed by atoms with Gasteiger partial charge in [-0.05, 0) is 38.3 Å². The van der Waals surface area contributed by atoms with Crippen LogP contribution >= 0.6 is 0 Å². The average molecular weight is 171 g/mol. The second kappa shape index (κ2) is 5.55. The van der Waals surface area contributed by atoms with Crippen molar-refractivity contribution in [2.24, 2.45) is 5.92 Å². The lowest BCUT2D eigenvalue weighted by Crippen LogP contribution is -2.35. The van der Waals surface area contributed by atoms with Gasteiger partial charge in [0.1, 0.15) is 0 Å². The summed E-state index contributed by atoms with van der Waals surface area (Å²) in [4.78, 5) is 2.55. The molecule has 0 bridgehead atoms. The van der Waals surface area contributed by atoms with Crippen LogP contribution in [-0.2, 0) is 4.74 Å². The molecule has 0 saturated carbocycles. The molecule has 0 amide bonds. The summed E-state index contributed by atoms with van der Waals surface area (Å²) >= 11 is 0. The molecular formula is C10H21NO. The van der Waals surface area contributed by atoms with Crippen molar-refractivity contribution in [1.29, 1.82) is 0 Å². The summed E-state index contributed by atoms with van der Waals surface area (Å²) in [5.41, 5.74) is 0. The van der Waals surface area contributed by atoms with Crippen LogP contribution in [0.2, 0.25) is 0 Å². The highest BCUT2D eigenvalue weighted by atomic mass is 16.5. The van der Waals surface area contributed by atoms with Gasteiger partial charge >= 0.3 is 0 Å². The lowest BCUT2D eigenvalue weighted by molar-refractivity contribution is 0.130. The minimum atomic E-state index is 0.888. The Morgan fingerprint density at radius 2 is 2.33 bits per heavy atom. The van der Waals surface area contributed by atoms with Crippen molar-refractivity contribution in [2.75, 3.05) is 33.4 Å². The Bertz CT molecular complexity index is 116. The van der Waals surface area contributed by atoms with E-state index in [4.69, 9.17) is 4.74 Å². The molecule has 1 rings (SSSR count). The first kappa shape index (κ1) is 10.0. The summed E-state index contributed by atoms with van der Waals surface area (Å²) < 4.78 is 5.09. The van der Waals surface area contributed by atoms with Gasteiger partial charge in [0.15, 0.2) is 0 Å². The molecule has 1 aliphatic heterocycles. The van der Waals surface area contributed by atoms with Crippen LogP contribution in [0.1, 0.15) is 26.2 Å². The molecule has 2 heteroatoms. The zero-order valence-corrected chi connectivity index (χ0v) is 8.38. The van der Waals surface area contributed by atoms with Crippen LogP contribution in [0.5, 0.6) is 0 Å². The van der Waals surface area contributed by atoms with Gasteiger partial charge in [-0.2, -0.15) is 0 Å². The van der Waals surface area contributed by atoms with Crippen molar-refractivity contribution in [3.05, 3.63) is 0 Å². The first-order valence-corrected chi connectivity index (χ1v) is 5.08. The summed E-state index contributed by atoms with van der Waals surface area (Å²) in [7, 11) is 1.79. The average Bonchev–Trinajstić information content (AvgIpc) is 2.15. The molecule has 0 aliphatic carbocycles. The lowest BCUT2D eigenvalue weighted by Gasteiger charge is -2.31. The molecule has 0 N–H and O–H groups in total. The molecule has 0 aromatic heterocycles. The maximum atomic E-state index is 5.09. The minimum absolute atomic E-state index is 0.888. The van der Waals surface area contributed by atoms with E-state index in [1.807, 2.05) is 0 Å². The predicted octanol–water partition coefficient (Wildman–Crippen LogP) is 1.75. The molecule has 1 aliphatic rings. The Hall–Kier alpha value is -0.0800. The van der Waals surface area contributed by atoms with Gasteiger partial charge in [-0.1, -0.05) is 6.92 Å². The van der Waals surface area contributed by atoms with Crippen molar-refractivity contribution in [3.63, 3.8) is 0 Å². The summed E-state index contributed by atoms with van der Waals surface area (Å²) in [6.07, 6.45) is 4.02. The molecule has 0 unspecified atom stereocenters. The first-order valence-electron chi connectivity index (χ1n) is 5.08. The number of likely N-dealkylation sites (tertiary alicyclic amines) is 1. The molecule has 0 aromatic rings. The van der Waals surface area contributed by atoms with Crippen LogP contribution in [0.3, 0.4) is 0 Å². The Balaban J connectivity index is 2.16. The third-order valence-electron chi connectivity index (χ3n) is 2.78. The molecule has 0 aromatic carbocycles. The van der Waals surface area contributed by atoms with E-state index in [1.165, 1.54) is 38.9 Å². The van der Waals surface area contributed by atoms with Crippen molar-refractivity contribution < 1.29 is 4.74 Å². The van der Waals surface area contributed by atoms with Crippen molar-refractivity contribution in [2.45, 2.75) is 26.2 Å². The molecule has 2 nitrogen and oxygen atoms in total. The molecule has 1 fully saturated rings. The number of hydrogen-bond donors (Lipinski definition) is 0. The SMILES string of the molecule is CCN1CCC[C@@H](CCOC)C1. The Labute approximate surface area is 75.9 Å². The number of methoxy groups -OCH3 is 1. The van der Waals surface area contributed by atoms with Crippen LogP contribution < -0.4 is 0 Å². The number of piperidine rings is 1. The summed E-state index contributed by atoms with van der Waals surface area (Å²) in [5.74, 6) is 0.888. The van der Waals surface area contributed by atoms with Crippen LogP contribution in [-0.4, -0.2) is 38.3 Å². The first-order chi connectivity index (χ1) is 5.86. The second-order valence-corrected chi connectivity index (χ2v) is 3.68. The van der Waals surface area contributed by atoms with Crippen molar-refractivity contribution >= 4 is 0 Å². The van der Waals surface area contributed by atoms with Crippen LogP contribution in [0.25, 0.3) is 0 Å². The number of nitrogens with zero attached hydrogens (tertiary/aromatic N) is 1. The summed E-state index contributed by atoms with van der Waals surface area (Å²) in [6.45, 7) is 6.99. The smallest absolute Gasteiger partial charge is 0.0465 e. The van der Waals surface area contributed by atoms with Crippen LogP contribution in [0, 0.1) is 5.92 Å². The number of rotatable bonds is 4. The van der Waals surface area contributed by atoms with Gasteiger partial charge in [-0.25, -0.2) is 0 Å². The molecule has 0 radical (unpaired) electrons. The zero-order valence-electron chi connectivity index (χ0n) is 8.38. The van der Waals surface area contributed by atoms with E-state index in [2.05, 4.69) is 11.8 Å². The van der Waals surface area contributed by atoms with E-state index in [0.29, 0.717) is 0 Å². The normalized spacial score (nSPS) is 26.0. The third kappa shape index (κ3) is 3.11. The van der Waals surface area contributed by atoms with E-state index >= 15 is 0 Å². The Morgan fingerprint density at radius 3 is 3.00 bits per heavy atom. The molecule has 0 spiro atoms. The monoisotopic (exact) mass is 171 g/mol. The van der Waals surface area contributed by atoms with Crippen LogP contribution in [0.4, 0.5) is 0 Å². The largest absolute Gasteiger partial charge is 0.385 e. The number of ether oxygens (including phenoxy) is 1. The third-order valence-corrected chi connectivity index (χ3v) is 2.78. The van der Waals surface area contributed by atoms with Crippen LogP contribution in [0.15, 0.2) is 0 Å². The Kier molecular flexibility index (Phi) is 4.62. The maximum absolute atomic E-state index is 5.09. The zero-order chi connectivity index (χ0) is 8.81. The molecule has 72 valence electrons. The fourth-order valence-electron chi connectivity index (χ4n) is 1.96. The van der Waals surface area contributed by atoms with Crippen molar-refractivity contribution in [1.82, 2.24) is 4.90 Å². The highest BCUT2D eigenvalue weighted by Gasteiger charge is 2.17. The topological polar surface area (TPSA) is 12.5 Å². The van der Waals surface area contributed by atoms with E-state index < -0.39 is 0 Å². The van der Waals surface area contributed by atoms with Gasteiger partial charge in [0.25, 0.3) is 0 Å². The van der Waals surface area contributed by atoms with Gasteiger partial charge in [0.2, 0.25) is 0 Å². The summed E-state index contributed by atoms with van der Waals surface area (Å²) in [5, 5.41) is 0. The minimum Gasteiger partial charge on any atom is -0.385 e. The molecule has 1 atom stereocenters. The van der Waals surface area contributed by atoms with E-state index in [0.717, 1.165) is 12.5 Å². The Morgan fingerprint density at radius 1 is 1.50 bits per heavy atom. The lowest BCUT2D eigenvalue weighted by atomic mass is 9.95. The maximum Gasteiger partial charge on any atom is 0.0465 e. The van der Waals surface area contributed by atoms with Crippen molar-refractivity contribution in [3.8, 4) is 0 Å². The highest BCUT2D eigenvalue weighted by Crippen LogP contribution is 2.18. The molecule has 1 saturated heterocycles. The second-order valence-electron chi connectivity index (χ2n) is 3.68. The summed E-state index contributed by atoms with van der Waals surface area (Å²) in [6, 6.07) is 0. The van der Waals surface area contributed by atoms with Gasteiger partial charge in [0, 0.05) is 20.3 Å². The predicted molar refractivity (Wildman–Crippen MR) is 51.3 cm³/mol. The fraction of sp³-hybridized carbons (Fsp3) is 1.00. The van der Waals surface area contributed by atoms with Gasteiger partial charge in [-0.15, -0.1) is 0 Å². The van der Waals surface area contributed by atoms with E-state index in [9.17, 15) is 0 Å². The standard InChI is InChI=1S/C10H21NO/c1-3-11-7-4-5-10(9-11)6-8-12-2/h10H,3-9H2,1-2H3/t10-/m0/s1. The highest BCUT2D eigenvalue weighted by molar-refractivity contribution is 4.71. The number of hydrogen-bond acceptors (Lipinski definition) is 2.